The Morgan fingerprint density at radius 3 is 2.71 bits per heavy atom. The minimum absolute atomic E-state index is 0.112. The Balaban J connectivity index is 1.42. The van der Waals surface area contributed by atoms with E-state index in [1.807, 2.05) is 54.6 Å². The van der Waals surface area contributed by atoms with Gasteiger partial charge < -0.3 is 10.6 Å². The van der Waals surface area contributed by atoms with Gasteiger partial charge in [-0.05, 0) is 74.1 Å². The molecule has 0 saturated carbocycles. The third kappa shape index (κ3) is 5.60. The second-order valence-corrected chi connectivity index (χ2v) is 10.3. The predicted octanol–water partition coefficient (Wildman–Crippen LogP) is 5.96. The minimum Gasteiger partial charge on any atom is -0.354 e. The largest absolute Gasteiger partial charge is 0.354 e. The van der Waals surface area contributed by atoms with Crippen molar-refractivity contribution < 1.29 is 9.59 Å². The van der Waals surface area contributed by atoms with Gasteiger partial charge in [-0.15, -0.1) is 0 Å². The van der Waals surface area contributed by atoms with E-state index < -0.39 is 6.04 Å². The standard InChI is InChI=1S/C28H26ClN3O2S/c29-20-12-8-18(9-13-20)10-14-22-21-5-1-2-7-25(21)35-26-15-11-19(17-24(26)31-22)27(33)32-23-6-3-4-16-30-28(23)34/h1-2,5,7-9,11-13,15,17,23H,3-4,6,10,14,16H2,(H,30,34)(H,32,33). The number of hydrogen-bond donors (Lipinski definition) is 2. The maximum Gasteiger partial charge on any atom is 0.252 e. The summed E-state index contributed by atoms with van der Waals surface area (Å²) in [5.41, 5.74) is 4.58. The molecule has 0 aromatic heterocycles. The summed E-state index contributed by atoms with van der Waals surface area (Å²) in [6.07, 6.45) is 4.09. The van der Waals surface area contributed by atoms with E-state index in [4.69, 9.17) is 16.6 Å². The van der Waals surface area contributed by atoms with Gasteiger partial charge in [0.1, 0.15) is 6.04 Å². The molecule has 1 saturated heterocycles. The fourth-order valence-electron chi connectivity index (χ4n) is 4.37. The lowest BCUT2D eigenvalue weighted by Crippen LogP contribution is -2.45. The number of benzene rings is 3. The number of aliphatic imine (C=N–C) groups is 1. The summed E-state index contributed by atoms with van der Waals surface area (Å²) in [4.78, 5) is 32.5. The summed E-state index contributed by atoms with van der Waals surface area (Å²) in [7, 11) is 0. The van der Waals surface area contributed by atoms with E-state index in [0.717, 1.165) is 57.5 Å². The number of nitrogens with one attached hydrogen (secondary N) is 2. The third-order valence-corrected chi connectivity index (χ3v) is 7.69. The van der Waals surface area contributed by atoms with Crippen LogP contribution in [0.25, 0.3) is 0 Å². The van der Waals surface area contributed by atoms with Crippen LogP contribution in [0.1, 0.15) is 47.2 Å². The molecule has 2 aliphatic heterocycles. The van der Waals surface area contributed by atoms with Gasteiger partial charge in [0.05, 0.1) is 5.69 Å². The van der Waals surface area contributed by atoms with Crippen molar-refractivity contribution in [2.75, 3.05) is 6.54 Å². The molecule has 2 N–H and O–H groups in total. The van der Waals surface area contributed by atoms with Gasteiger partial charge >= 0.3 is 0 Å². The first-order valence-electron chi connectivity index (χ1n) is 11.9. The monoisotopic (exact) mass is 503 g/mol. The van der Waals surface area contributed by atoms with Gasteiger partial charge in [0.25, 0.3) is 5.91 Å². The molecule has 1 atom stereocenters. The molecule has 1 unspecified atom stereocenters. The molecule has 35 heavy (non-hydrogen) atoms. The molecule has 5 rings (SSSR count). The summed E-state index contributed by atoms with van der Waals surface area (Å²) >= 11 is 7.70. The summed E-state index contributed by atoms with van der Waals surface area (Å²) in [6, 6.07) is 21.3. The zero-order chi connectivity index (χ0) is 24.2. The topological polar surface area (TPSA) is 70.6 Å². The van der Waals surface area contributed by atoms with E-state index in [-0.39, 0.29) is 11.8 Å². The van der Waals surface area contributed by atoms with Gasteiger partial charge in [0, 0.05) is 38.2 Å². The molecule has 2 amide bonds. The van der Waals surface area contributed by atoms with E-state index in [9.17, 15) is 9.59 Å². The van der Waals surface area contributed by atoms with Gasteiger partial charge in [0.15, 0.2) is 0 Å². The third-order valence-electron chi connectivity index (χ3n) is 6.30. The molecule has 3 aromatic carbocycles. The summed E-state index contributed by atoms with van der Waals surface area (Å²) in [6.45, 7) is 0.662. The Kier molecular flexibility index (Phi) is 7.21. The number of halogens is 1. The lowest BCUT2D eigenvalue weighted by molar-refractivity contribution is -0.122. The van der Waals surface area contributed by atoms with E-state index in [1.165, 1.54) is 5.56 Å². The van der Waals surface area contributed by atoms with E-state index in [2.05, 4.69) is 22.8 Å². The van der Waals surface area contributed by atoms with Crippen molar-refractivity contribution in [1.82, 2.24) is 10.6 Å². The molecule has 0 radical (unpaired) electrons. The van der Waals surface area contributed by atoms with Crippen molar-refractivity contribution in [2.45, 2.75) is 47.9 Å². The fraction of sp³-hybridized carbons (Fsp3) is 0.250. The normalized spacial score (nSPS) is 17.2. The van der Waals surface area contributed by atoms with Crippen molar-refractivity contribution in [3.8, 4) is 0 Å². The molecular weight excluding hydrogens is 478 g/mol. The number of amides is 2. The first kappa shape index (κ1) is 23.6. The first-order chi connectivity index (χ1) is 17.1. The number of hydrogen-bond acceptors (Lipinski definition) is 4. The van der Waals surface area contributed by atoms with Gasteiger partial charge in [-0.1, -0.05) is 53.7 Å². The Bertz CT molecular complexity index is 1290. The van der Waals surface area contributed by atoms with E-state index >= 15 is 0 Å². The molecule has 0 bridgehead atoms. The van der Waals surface area contributed by atoms with Crippen molar-refractivity contribution >= 4 is 46.6 Å². The van der Waals surface area contributed by atoms with Gasteiger partial charge in [-0.2, -0.15) is 0 Å². The SMILES string of the molecule is O=C(NC1CCCCNC1=O)c1ccc2c(c1)N=C(CCc1ccc(Cl)cc1)c1ccccc1S2. The molecule has 0 spiro atoms. The van der Waals surface area contributed by atoms with Crippen LogP contribution in [-0.2, 0) is 11.2 Å². The van der Waals surface area contributed by atoms with Gasteiger partial charge in [-0.25, -0.2) is 0 Å². The zero-order valence-corrected chi connectivity index (χ0v) is 20.8. The summed E-state index contributed by atoms with van der Waals surface area (Å²) < 4.78 is 0. The molecule has 3 aromatic rings. The maximum absolute atomic E-state index is 13.0. The van der Waals surface area contributed by atoms with Crippen LogP contribution < -0.4 is 10.6 Å². The lowest BCUT2D eigenvalue weighted by Gasteiger charge is -2.15. The molecule has 1 fully saturated rings. The Morgan fingerprint density at radius 1 is 1.03 bits per heavy atom. The molecule has 178 valence electrons. The molecule has 2 heterocycles. The smallest absolute Gasteiger partial charge is 0.252 e. The lowest BCUT2D eigenvalue weighted by atomic mass is 10.0. The van der Waals surface area contributed by atoms with Crippen LogP contribution in [0.15, 0.2) is 81.5 Å². The Morgan fingerprint density at radius 2 is 1.86 bits per heavy atom. The van der Waals surface area contributed by atoms with E-state index in [0.29, 0.717) is 18.5 Å². The number of carbonyl (C=O) groups excluding carboxylic acids is 2. The number of fused-ring (bicyclic) bond motifs is 2. The molecule has 0 aliphatic carbocycles. The summed E-state index contributed by atoms with van der Waals surface area (Å²) in [5, 5.41) is 6.51. The average molecular weight is 504 g/mol. The van der Waals surface area contributed by atoms with Gasteiger partial charge in [0.2, 0.25) is 5.91 Å². The van der Waals surface area contributed by atoms with Crippen molar-refractivity contribution in [3.63, 3.8) is 0 Å². The highest BCUT2D eigenvalue weighted by molar-refractivity contribution is 7.99. The van der Waals surface area contributed by atoms with Crippen LogP contribution in [0.2, 0.25) is 5.02 Å². The van der Waals surface area contributed by atoms with Crippen molar-refractivity contribution in [1.29, 1.82) is 0 Å². The summed E-state index contributed by atoms with van der Waals surface area (Å²) in [5.74, 6) is -0.362. The van der Waals surface area contributed by atoms with Crippen molar-refractivity contribution in [3.05, 3.63) is 88.4 Å². The highest BCUT2D eigenvalue weighted by Crippen LogP contribution is 2.41. The molecule has 2 aliphatic rings. The second kappa shape index (κ2) is 10.7. The van der Waals surface area contributed by atoms with Crippen LogP contribution in [0.3, 0.4) is 0 Å². The first-order valence-corrected chi connectivity index (χ1v) is 13.1. The van der Waals surface area contributed by atoms with Crippen LogP contribution in [-0.4, -0.2) is 30.1 Å². The maximum atomic E-state index is 13.0. The number of rotatable bonds is 5. The second-order valence-electron chi connectivity index (χ2n) is 8.78. The molecule has 5 nitrogen and oxygen atoms in total. The predicted molar refractivity (Wildman–Crippen MR) is 141 cm³/mol. The zero-order valence-electron chi connectivity index (χ0n) is 19.2. The molecular formula is C28H26ClN3O2S. The van der Waals surface area contributed by atoms with Gasteiger partial charge in [-0.3, -0.25) is 14.6 Å². The highest BCUT2D eigenvalue weighted by Gasteiger charge is 2.24. The number of nitrogens with zero attached hydrogens (tertiary/aromatic N) is 1. The Labute approximate surface area is 214 Å². The van der Waals surface area contributed by atoms with Crippen LogP contribution in [0.4, 0.5) is 5.69 Å². The van der Waals surface area contributed by atoms with Crippen LogP contribution in [0.5, 0.6) is 0 Å². The van der Waals surface area contributed by atoms with E-state index in [1.54, 1.807) is 11.8 Å². The van der Waals surface area contributed by atoms with Crippen LogP contribution in [0, 0.1) is 0 Å². The number of aryl methyl sites for hydroxylation is 1. The quantitative estimate of drug-likeness (QED) is 0.451. The van der Waals surface area contributed by atoms with Crippen LogP contribution >= 0.6 is 23.4 Å². The average Bonchev–Trinajstić information content (AvgIpc) is 3.17. The molecule has 7 heteroatoms. The highest BCUT2D eigenvalue weighted by atomic mass is 35.5. The Hall–Kier alpha value is -3.09. The minimum atomic E-state index is -0.499. The van der Waals surface area contributed by atoms with Crippen molar-refractivity contribution in [2.24, 2.45) is 4.99 Å². The number of carbonyl (C=O) groups is 2. The fourth-order valence-corrected chi connectivity index (χ4v) is 5.52.